The highest BCUT2D eigenvalue weighted by Gasteiger charge is 2.18. The van der Waals surface area contributed by atoms with Crippen LogP contribution in [0.5, 0.6) is 11.5 Å². The lowest BCUT2D eigenvalue weighted by Crippen LogP contribution is -2.12. The molecule has 100 valence electrons. The molecule has 0 atom stereocenters. The van der Waals surface area contributed by atoms with Gasteiger partial charge < -0.3 is 19.2 Å². The molecule has 0 aliphatic carbocycles. The maximum atomic E-state index is 6.12. The molecule has 0 spiro atoms. The number of rotatable bonds is 4. The second kappa shape index (κ2) is 5.15. The quantitative estimate of drug-likeness (QED) is 0.933. The molecule has 0 fully saturated rings. The lowest BCUT2D eigenvalue weighted by molar-refractivity contribution is 0.174. The first kappa shape index (κ1) is 12.4. The maximum Gasteiger partial charge on any atom is 0.231 e. The minimum atomic E-state index is 0.234. The third-order valence-electron chi connectivity index (χ3n) is 2.91. The van der Waals surface area contributed by atoms with Gasteiger partial charge in [-0.2, -0.15) is 0 Å². The van der Waals surface area contributed by atoms with Crippen LogP contribution in [0.25, 0.3) is 0 Å². The first-order valence-electron chi connectivity index (χ1n) is 6.06. The molecule has 1 aliphatic heterocycles. The van der Waals surface area contributed by atoms with E-state index >= 15 is 0 Å². The van der Waals surface area contributed by atoms with Gasteiger partial charge in [0.25, 0.3) is 0 Å². The first-order chi connectivity index (χ1) is 9.22. The predicted molar refractivity (Wildman–Crippen MR) is 71.6 cm³/mol. The summed E-state index contributed by atoms with van der Waals surface area (Å²) in [7, 11) is 0. The van der Waals surface area contributed by atoms with E-state index in [2.05, 4.69) is 5.32 Å². The van der Waals surface area contributed by atoms with E-state index in [1.807, 2.05) is 31.2 Å². The van der Waals surface area contributed by atoms with Crippen molar-refractivity contribution in [2.75, 3.05) is 6.79 Å². The largest absolute Gasteiger partial charge is 0.465 e. The lowest BCUT2D eigenvalue weighted by Gasteiger charge is -2.06. The lowest BCUT2D eigenvalue weighted by atomic mass is 10.2. The zero-order valence-electron chi connectivity index (χ0n) is 10.5. The molecule has 1 aromatic carbocycles. The monoisotopic (exact) mass is 279 g/mol. The Kier molecular flexibility index (Phi) is 3.36. The van der Waals surface area contributed by atoms with Gasteiger partial charge in [-0.15, -0.1) is 0 Å². The van der Waals surface area contributed by atoms with Crippen LogP contribution >= 0.6 is 11.6 Å². The van der Waals surface area contributed by atoms with Gasteiger partial charge in [-0.1, -0.05) is 11.6 Å². The Balaban J connectivity index is 1.63. The second-order valence-electron chi connectivity index (χ2n) is 4.43. The van der Waals surface area contributed by atoms with Gasteiger partial charge in [-0.05, 0) is 36.8 Å². The van der Waals surface area contributed by atoms with E-state index in [1.165, 1.54) is 0 Å². The fourth-order valence-electron chi connectivity index (χ4n) is 2.03. The number of nitrogens with one attached hydrogen (secondary N) is 1. The number of furan rings is 1. The Morgan fingerprint density at radius 3 is 2.89 bits per heavy atom. The molecule has 0 radical (unpaired) electrons. The molecule has 0 bridgehead atoms. The van der Waals surface area contributed by atoms with Crippen molar-refractivity contribution in [3.05, 3.63) is 46.4 Å². The smallest absolute Gasteiger partial charge is 0.231 e. The molecule has 19 heavy (non-hydrogen) atoms. The van der Waals surface area contributed by atoms with Crippen molar-refractivity contribution in [1.82, 2.24) is 5.32 Å². The zero-order chi connectivity index (χ0) is 13.2. The van der Waals surface area contributed by atoms with Crippen LogP contribution in [0.4, 0.5) is 0 Å². The van der Waals surface area contributed by atoms with Crippen LogP contribution in [-0.2, 0) is 13.1 Å². The Hall–Kier alpha value is -1.65. The van der Waals surface area contributed by atoms with E-state index in [4.69, 9.17) is 25.5 Å². The van der Waals surface area contributed by atoms with Crippen molar-refractivity contribution in [2.45, 2.75) is 20.0 Å². The number of benzene rings is 1. The average Bonchev–Trinajstić information content (AvgIpc) is 2.98. The van der Waals surface area contributed by atoms with Crippen molar-refractivity contribution in [3.8, 4) is 11.5 Å². The molecular weight excluding hydrogens is 266 g/mol. The van der Waals surface area contributed by atoms with Crippen molar-refractivity contribution in [1.29, 1.82) is 0 Å². The molecule has 0 saturated carbocycles. The molecule has 2 aromatic rings. The molecule has 1 aliphatic rings. The predicted octanol–water partition coefficient (Wildman–Crippen LogP) is 3.26. The van der Waals surface area contributed by atoms with Crippen molar-refractivity contribution >= 4 is 11.6 Å². The number of ether oxygens (including phenoxy) is 2. The van der Waals surface area contributed by atoms with Crippen LogP contribution in [0, 0.1) is 6.92 Å². The molecule has 1 N–H and O–H groups in total. The number of fused-ring (bicyclic) bond motifs is 1. The fourth-order valence-corrected chi connectivity index (χ4v) is 2.32. The van der Waals surface area contributed by atoms with Crippen molar-refractivity contribution < 1.29 is 13.9 Å². The van der Waals surface area contributed by atoms with E-state index in [0.29, 0.717) is 29.6 Å². The third-order valence-corrected chi connectivity index (χ3v) is 3.19. The summed E-state index contributed by atoms with van der Waals surface area (Å²) in [6.07, 6.45) is 0. The Morgan fingerprint density at radius 2 is 2.11 bits per heavy atom. The van der Waals surface area contributed by atoms with Crippen LogP contribution in [0.3, 0.4) is 0 Å². The number of halogens is 1. The zero-order valence-corrected chi connectivity index (χ0v) is 11.3. The minimum Gasteiger partial charge on any atom is -0.465 e. The van der Waals surface area contributed by atoms with Crippen LogP contribution in [0.15, 0.2) is 28.7 Å². The van der Waals surface area contributed by atoms with E-state index < -0.39 is 0 Å². The number of hydrogen-bond donors (Lipinski definition) is 1. The van der Waals surface area contributed by atoms with Crippen LogP contribution in [0.1, 0.15) is 17.1 Å². The van der Waals surface area contributed by atoms with Crippen molar-refractivity contribution in [2.24, 2.45) is 0 Å². The molecule has 4 nitrogen and oxygen atoms in total. The Morgan fingerprint density at radius 1 is 1.21 bits per heavy atom. The van der Waals surface area contributed by atoms with Gasteiger partial charge in [0.1, 0.15) is 11.5 Å². The molecule has 1 aromatic heterocycles. The molecule has 2 heterocycles. The maximum absolute atomic E-state index is 6.12. The van der Waals surface area contributed by atoms with E-state index in [0.717, 1.165) is 17.1 Å². The first-order valence-corrected chi connectivity index (χ1v) is 6.44. The summed E-state index contributed by atoms with van der Waals surface area (Å²) >= 11 is 6.12. The fraction of sp³-hybridized carbons (Fsp3) is 0.286. The summed E-state index contributed by atoms with van der Waals surface area (Å²) in [6, 6.07) is 7.74. The molecular formula is C14H14ClNO3. The van der Waals surface area contributed by atoms with Crippen molar-refractivity contribution in [3.63, 3.8) is 0 Å². The summed E-state index contributed by atoms with van der Waals surface area (Å²) in [5.41, 5.74) is 1.05. The topological polar surface area (TPSA) is 43.6 Å². The summed E-state index contributed by atoms with van der Waals surface area (Å²) in [6.45, 7) is 3.54. The highest BCUT2D eigenvalue weighted by atomic mass is 35.5. The van der Waals surface area contributed by atoms with Crippen LogP contribution in [0.2, 0.25) is 5.02 Å². The molecule has 0 saturated heterocycles. The summed E-state index contributed by atoms with van der Waals surface area (Å²) in [5, 5.41) is 3.88. The van der Waals surface area contributed by atoms with Gasteiger partial charge in [0.15, 0.2) is 11.5 Å². The SMILES string of the molecule is Cc1ccc(CNCc2cc(Cl)c3c(c2)OCO3)o1. The summed E-state index contributed by atoms with van der Waals surface area (Å²) < 4.78 is 16.1. The van der Waals surface area contributed by atoms with E-state index in [-0.39, 0.29) is 6.79 Å². The number of aryl methyl sites for hydroxylation is 1. The Bertz CT molecular complexity index is 594. The van der Waals surface area contributed by atoms with Gasteiger partial charge in [0.05, 0.1) is 11.6 Å². The van der Waals surface area contributed by atoms with E-state index in [1.54, 1.807) is 0 Å². The Labute approximate surface area is 116 Å². The molecule has 0 unspecified atom stereocenters. The molecule has 3 rings (SSSR count). The van der Waals surface area contributed by atoms with Gasteiger partial charge in [0, 0.05) is 6.54 Å². The molecule has 5 heteroatoms. The van der Waals surface area contributed by atoms with Crippen LogP contribution in [-0.4, -0.2) is 6.79 Å². The van der Waals surface area contributed by atoms with Crippen LogP contribution < -0.4 is 14.8 Å². The standard InChI is InChI=1S/C14H14ClNO3/c1-9-2-3-11(19-9)7-16-6-10-4-12(15)14-13(5-10)17-8-18-14/h2-5,16H,6-8H2,1H3. The normalized spacial score (nSPS) is 12.9. The van der Waals surface area contributed by atoms with Gasteiger partial charge in [0.2, 0.25) is 6.79 Å². The van der Waals surface area contributed by atoms with Gasteiger partial charge in [-0.3, -0.25) is 0 Å². The number of hydrogen-bond acceptors (Lipinski definition) is 4. The summed E-state index contributed by atoms with van der Waals surface area (Å²) in [4.78, 5) is 0. The summed E-state index contributed by atoms with van der Waals surface area (Å²) in [5.74, 6) is 3.18. The van der Waals surface area contributed by atoms with Gasteiger partial charge >= 0.3 is 0 Å². The highest BCUT2D eigenvalue weighted by molar-refractivity contribution is 6.32. The second-order valence-corrected chi connectivity index (χ2v) is 4.83. The van der Waals surface area contributed by atoms with E-state index in [9.17, 15) is 0 Å². The van der Waals surface area contributed by atoms with Gasteiger partial charge in [-0.25, -0.2) is 0 Å². The third kappa shape index (κ3) is 2.69. The highest BCUT2D eigenvalue weighted by Crippen LogP contribution is 2.39. The average molecular weight is 280 g/mol. The molecule has 0 amide bonds. The minimum absolute atomic E-state index is 0.234.